The number of H-pyrrole nitrogens is 1. The third-order valence-corrected chi connectivity index (χ3v) is 4.88. The highest BCUT2D eigenvalue weighted by Crippen LogP contribution is 2.33. The first-order valence-electron chi connectivity index (χ1n) is 9.14. The number of aromatic nitrogens is 2. The van der Waals surface area contributed by atoms with Crippen molar-refractivity contribution in [1.82, 2.24) is 10.2 Å². The maximum atomic E-state index is 12.5. The average molecular weight is 405 g/mol. The normalized spacial score (nSPS) is 13.1. The highest BCUT2D eigenvalue weighted by molar-refractivity contribution is 5.95. The number of benzene rings is 2. The number of amides is 1. The minimum absolute atomic E-state index is 0.0330. The Bertz CT molecular complexity index is 1050. The van der Waals surface area contributed by atoms with Crippen LogP contribution in [0.3, 0.4) is 0 Å². The first-order valence-corrected chi connectivity index (χ1v) is 9.14. The monoisotopic (exact) mass is 405 g/mol. The number of fused-ring (bicyclic) bond motifs is 1. The predicted molar refractivity (Wildman–Crippen MR) is 105 cm³/mol. The fraction of sp³-hybridized carbons (Fsp3) is 0.333. The van der Waals surface area contributed by atoms with E-state index in [9.17, 15) is 23.1 Å². The number of nitrogens with one attached hydrogen (secondary N) is 2. The van der Waals surface area contributed by atoms with Gasteiger partial charge in [-0.05, 0) is 66.3 Å². The van der Waals surface area contributed by atoms with Crippen molar-refractivity contribution in [2.75, 3.05) is 5.32 Å². The minimum Gasteiger partial charge on any atom is -0.384 e. The summed E-state index contributed by atoms with van der Waals surface area (Å²) in [6.07, 6.45) is -5.93. The lowest BCUT2D eigenvalue weighted by atomic mass is 9.91. The Kier molecular flexibility index (Phi) is 5.40. The van der Waals surface area contributed by atoms with Gasteiger partial charge in [-0.3, -0.25) is 9.89 Å². The van der Waals surface area contributed by atoms with Gasteiger partial charge in [-0.25, -0.2) is 0 Å². The van der Waals surface area contributed by atoms with Crippen molar-refractivity contribution in [2.24, 2.45) is 0 Å². The van der Waals surface area contributed by atoms with Gasteiger partial charge in [0.2, 0.25) is 0 Å². The number of aliphatic hydroxyl groups is 1. The second kappa shape index (κ2) is 7.51. The van der Waals surface area contributed by atoms with Gasteiger partial charge in [0.25, 0.3) is 0 Å². The van der Waals surface area contributed by atoms with E-state index >= 15 is 0 Å². The Hall–Kier alpha value is -2.87. The Balaban J connectivity index is 1.97. The van der Waals surface area contributed by atoms with E-state index in [0.29, 0.717) is 22.3 Å². The molecule has 3 N–H and O–H groups in total. The molecule has 0 bridgehead atoms. The van der Waals surface area contributed by atoms with Crippen molar-refractivity contribution in [1.29, 1.82) is 0 Å². The van der Waals surface area contributed by atoms with Crippen LogP contribution >= 0.6 is 0 Å². The van der Waals surface area contributed by atoms with Crippen LogP contribution in [0, 0.1) is 13.8 Å². The molecule has 1 heterocycles. The van der Waals surface area contributed by atoms with E-state index < -0.39 is 18.2 Å². The molecule has 0 radical (unpaired) electrons. The highest BCUT2D eigenvalue weighted by atomic mass is 19.4. The second-order valence-electron chi connectivity index (χ2n) is 7.45. The fourth-order valence-electron chi connectivity index (χ4n) is 3.50. The van der Waals surface area contributed by atoms with Crippen LogP contribution in [0.4, 0.5) is 18.9 Å². The zero-order valence-electron chi connectivity index (χ0n) is 16.5. The van der Waals surface area contributed by atoms with Crippen molar-refractivity contribution in [2.45, 2.75) is 45.9 Å². The van der Waals surface area contributed by atoms with Gasteiger partial charge in [0.1, 0.15) is 6.10 Å². The molecule has 8 heteroatoms. The summed E-state index contributed by atoms with van der Waals surface area (Å²) in [7, 11) is 0. The molecule has 0 aliphatic carbocycles. The maximum Gasteiger partial charge on any atom is 0.471 e. The molecule has 1 aromatic heterocycles. The van der Waals surface area contributed by atoms with Crippen molar-refractivity contribution in [3.8, 4) is 0 Å². The van der Waals surface area contributed by atoms with E-state index in [4.69, 9.17) is 0 Å². The van der Waals surface area contributed by atoms with E-state index in [1.807, 2.05) is 31.3 Å². The van der Waals surface area contributed by atoms with Crippen LogP contribution in [0.2, 0.25) is 0 Å². The summed E-state index contributed by atoms with van der Waals surface area (Å²) in [5, 5.41) is 21.0. The zero-order chi connectivity index (χ0) is 21.5. The molecule has 2 aromatic carbocycles. The van der Waals surface area contributed by atoms with Crippen LogP contribution in [0.5, 0.6) is 0 Å². The summed E-state index contributed by atoms with van der Waals surface area (Å²) >= 11 is 0. The number of carbonyl (C=O) groups is 1. The summed E-state index contributed by atoms with van der Waals surface area (Å²) in [5.41, 5.74) is 4.18. The molecule has 0 spiro atoms. The number of hydrogen-bond donors (Lipinski definition) is 3. The number of aromatic amines is 1. The first-order chi connectivity index (χ1) is 13.5. The molecule has 1 amide bonds. The summed E-state index contributed by atoms with van der Waals surface area (Å²) in [6, 6.07) is 8.31. The minimum atomic E-state index is -4.96. The van der Waals surface area contributed by atoms with E-state index in [1.54, 1.807) is 19.9 Å². The maximum absolute atomic E-state index is 12.5. The molecule has 29 heavy (non-hydrogen) atoms. The molecule has 0 saturated heterocycles. The van der Waals surface area contributed by atoms with Gasteiger partial charge in [-0.1, -0.05) is 19.9 Å². The van der Waals surface area contributed by atoms with Crippen LogP contribution in [0.25, 0.3) is 10.9 Å². The van der Waals surface area contributed by atoms with Crippen molar-refractivity contribution in [3.05, 3.63) is 58.3 Å². The summed E-state index contributed by atoms with van der Waals surface area (Å²) in [6.45, 7) is 7.45. The quantitative estimate of drug-likeness (QED) is 0.579. The van der Waals surface area contributed by atoms with Crippen molar-refractivity contribution >= 4 is 22.5 Å². The lowest BCUT2D eigenvalue weighted by Gasteiger charge is -2.19. The molecule has 0 fully saturated rings. The molecule has 0 aliphatic rings. The fourth-order valence-corrected chi connectivity index (χ4v) is 3.50. The molecule has 3 rings (SSSR count). The summed E-state index contributed by atoms with van der Waals surface area (Å²) < 4.78 is 37.5. The predicted octanol–water partition coefficient (Wildman–Crippen LogP) is 4.89. The van der Waals surface area contributed by atoms with Gasteiger partial charge in [0, 0.05) is 16.8 Å². The number of halogens is 3. The van der Waals surface area contributed by atoms with Crippen LogP contribution < -0.4 is 5.32 Å². The largest absolute Gasteiger partial charge is 0.471 e. The summed E-state index contributed by atoms with van der Waals surface area (Å²) in [5.74, 6) is -1.80. The SMILES string of the molecule is Cc1cc(NC(=O)C(F)(F)F)cc(C)c1C(O)c1ccc2n[nH]c(C(C)C)c2c1. The number of rotatable bonds is 4. The molecule has 1 unspecified atom stereocenters. The Labute approximate surface area is 165 Å². The zero-order valence-corrected chi connectivity index (χ0v) is 16.5. The van der Waals surface area contributed by atoms with Gasteiger partial charge >= 0.3 is 12.1 Å². The van der Waals surface area contributed by atoms with E-state index in [0.717, 1.165) is 16.6 Å². The lowest BCUT2D eigenvalue weighted by Crippen LogP contribution is -2.30. The molecular formula is C21H22F3N3O2. The highest BCUT2D eigenvalue weighted by Gasteiger charge is 2.38. The molecule has 154 valence electrons. The molecule has 1 atom stereocenters. The number of hydrogen-bond acceptors (Lipinski definition) is 3. The van der Waals surface area contributed by atoms with E-state index in [2.05, 4.69) is 10.2 Å². The van der Waals surface area contributed by atoms with E-state index in [-0.39, 0.29) is 11.6 Å². The number of carbonyl (C=O) groups excluding carboxylic acids is 1. The van der Waals surface area contributed by atoms with Crippen LogP contribution in [-0.4, -0.2) is 27.4 Å². The Morgan fingerprint density at radius 1 is 1.14 bits per heavy atom. The smallest absolute Gasteiger partial charge is 0.384 e. The number of aryl methyl sites for hydroxylation is 2. The van der Waals surface area contributed by atoms with Gasteiger partial charge in [0.05, 0.1) is 5.52 Å². The lowest BCUT2D eigenvalue weighted by molar-refractivity contribution is -0.167. The van der Waals surface area contributed by atoms with Crippen molar-refractivity contribution in [3.63, 3.8) is 0 Å². The van der Waals surface area contributed by atoms with Gasteiger partial charge < -0.3 is 10.4 Å². The van der Waals surface area contributed by atoms with Crippen LogP contribution in [-0.2, 0) is 4.79 Å². The standard InChI is InChI=1S/C21H22F3N3O2/c1-10(2)18-15-9-13(5-6-16(15)26-27-18)19(28)17-11(3)7-14(8-12(17)4)25-20(29)21(22,23)24/h5-10,19,28H,1-4H3,(H,25,29)(H,26,27). The Morgan fingerprint density at radius 2 is 1.76 bits per heavy atom. The van der Waals surface area contributed by atoms with Gasteiger partial charge in [-0.15, -0.1) is 0 Å². The van der Waals surface area contributed by atoms with Crippen LogP contribution in [0.15, 0.2) is 30.3 Å². The second-order valence-corrected chi connectivity index (χ2v) is 7.45. The molecular weight excluding hydrogens is 383 g/mol. The molecule has 3 aromatic rings. The number of nitrogens with zero attached hydrogens (tertiary/aromatic N) is 1. The molecule has 0 aliphatic heterocycles. The number of alkyl halides is 3. The average Bonchev–Trinajstić information content (AvgIpc) is 3.03. The Morgan fingerprint density at radius 3 is 2.31 bits per heavy atom. The topological polar surface area (TPSA) is 78.0 Å². The van der Waals surface area contributed by atoms with E-state index in [1.165, 1.54) is 12.1 Å². The molecule has 0 saturated carbocycles. The third kappa shape index (κ3) is 4.12. The van der Waals surface area contributed by atoms with Crippen molar-refractivity contribution < 1.29 is 23.1 Å². The number of aliphatic hydroxyl groups excluding tert-OH is 1. The molecule has 5 nitrogen and oxygen atoms in total. The number of anilines is 1. The van der Waals surface area contributed by atoms with Gasteiger partial charge in [0.15, 0.2) is 0 Å². The third-order valence-electron chi connectivity index (χ3n) is 4.88. The summed E-state index contributed by atoms with van der Waals surface area (Å²) in [4.78, 5) is 11.2. The van der Waals surface area contributed by atoms with Gasteiger partial charge in [-0.2, -0.15) is 18.3 Å². The first kappa shape index (κ1) is 20.9. The van der Waals surface area contributed by atoms with Crippen LogP contribution in [0.1, 0.15) is 53.8 Å².